The van der Waals surface area contributed by atoms with Crippen LogP contribution >= 0.6 is 11.6 Å². The number of hydrogen-bond acceptors (Lipinski definition) is 2. The monoisotopic (exact) mass is 290 g/mol. The van der Waals surface area contributed by atoms with E-state index in [1.54, 1.807) is 0 Å². The molecule has 0 spiro atoms. The summed E-state index contributed by atoms with van der Waals surface area (Å²) in [6.07, 6.45) is -0.750. The van der Waals surface area contributed by atoms with Crippen molar-refractivity contribution in [3.05, 3.63) is 59.1 Å². The third-order valence-corrected chi connectivity index (χ3v) is 3.27. The molecule has 0 aliphatic heterocycles. The highest BCUT2D eigenvalue weighted by Crippen LogP contribution is 2.22. The van der Waals surface area contributed by atoms with Crippen LogP contribution in [0, 0.1) is 0 Å². The molecule has 0 bridgehead atoms. The summed E-state index contributed by atoms with van der Waals surface area (Å²) in [5.41, 5.74) is 3.03. The van der Waals surface area contributed by atoms with Gasteiger partial charge >= 0.3 is 5.97 Å². The molecule has 0 saturated heterocycles. The lowest BCUT2D eigenvalue weighted by molar-refractivity contribution is -0.139. The Labute approximate surface area is 122 Å². The molecule has 3 nitrogen and oxygen atoms in total. The van der Waals surface area contributed by atoms with Crippen LogP contribution in [0.4, 0.5) is 0 Å². The van der Waals surface area contributed by atoms with Gasteiger partial charge in [0.1, 0.15) is 0 Å². The van der Waals surface area contributed by atoms with Crippen LogP contribution in [0.5, 0.6) is 0 Å². The second-order valence-electron chi connectivity index (χ2n) is 4.66. The van der Waals surface area contributed by atoms with Crippen molar-refractivity contribution in [1.29, 1.82) is 0 Å². The van der Waals surface area contributed by atoms with E-state index < -0.39 is 12.1 Å². The Morgan fingerprint density at radius 1 is 1.00 bits per heavy atom. The molecule has 104 valence electrons. The number of halogens is 1. The van der Waals surface area contributed by atoms with Crippen molar-refractivity contribution in [2.45, 2.75) is 18.9 Å². The molecule has 2 rings (SSSR count). The molecule has 0 fully saturated rings. The number of carbonyl (C=O) groups is 1. The number of aliphatic carboxylic acids is 1. The summed E-state index contributed by atoms with van der Waals surface area (Å²) in [4.78, 5) is 10.5. The van der Waals surface area contributed by atoms with Crippen molar-refractivity contribution in [3.8, 4) is 11.1 Å². The van der Waals surface area contributed by atoms with Gasteiger partial charge < -0.3 is 10.2 Å². The molecule has 0 aliphatic rings. The van der Waals surface area contributed by atoms with Gasteiger partial charge in [-0.3, -0.25) is 4.79 Å². The predicted octanol–water partition coefficient (Wildman–Crippen LogP) is 3.39. The molecular weight excluding hydrogens is 276 g/mol. The number of hydrogen-bond donors (Lipinski definition) is 2. The Morgan fingerprint density at radius 3 is 2.00 bits per heavy atom. The van der Waals surface area contributed by atoms with E-state index in [-0.39, 0.29) is 6.42 Å². The zero-order chi connectivity index (χ0) is 14.5. The predicted molar refractivity (Wildman–Crippen MR) is 78.9 cm³/mol. The number of aliphatic hydroxyl groups is 1. The van der Waals surface area contributed by atoms with Gasteiger partial charge in [-0.25, -0.2) is 0 Å². The fourth-order valence-electron chi connectivity index (χ4n) is 2.02. The number of carboxylic acids is 1. The lowest BCUT2D eigenvalue weighted by Crippen LogP contribution is -2.15. The summed E-state index contributed by atoms with van der Waals surface area (Å²) in [5, 5.41) is 18.9. The maximum absolute atomic E-state index is 10.5. The molecule has 0 unspecified atom stereocenters. The van der Waals surface area contributed by atoms with Gasteiger partial charge in [0.15, 0.2) is 0 Å². The first-order chi connectivity index (χ1) is 9.54. The molecule has 2 aromatic rings. The molecule has 20 heavy (non-hydrogen) atoms. The smallest absolute Gasteiger partial charge is 0.305 e. The highest BCUT2D eigenvalue weighted by molar-refractivity contribution is 6.30. The molecule has 0 heterocycles. The van der Waals surface area contributed by atoms with Crippen LogP contribution < -0.4 is 0 Å². The van der Waals surface area contributed by atoms with Gasteiger partial charge in [0.05, 0.1) is 12.5 Å². The normalized spacial score (nSPS) is 12.1. The Kier molecular flexibility index (Phi) is 4.77. The Morgan fingerprint density at radius 2 is 1.50 bits per heavy atom. The van der Waals surface area contributed by atoms with Crippen LogP contribution in [0.2, 0.25) is 5.02 Å². The van der Waals surface area contributed by atoms with Gasteiger partial charge in [-0.1, -0.05) is 48.0 Å². The van der Waals surface area contributed by atoms with E-state index in [0.29, 0.717) is 11.4 Å². The minimum atomic E-state index is -0.990. The second kappa shape index (κ2) is 6.55. The molecular formula is C16H15ClO3. The SMILES string of the molecule is O=C(O)C[C@H](O)Cc1ccc(-c2ccc(Cl)cc2)cc1. The Balaban J connectivity index is 2.06. The van der Waals surface area contributed by atoms with Gasteiger partial charge in [-0.2, -0.15) is 0 Å². The lowest BCUT2D eigenvalue weighted by atomic mass is 10.0. The van der Waals surface area contributed by atoms with Crippen molar-refractivity contribution < 1.29 is 15.0 Å². The maximum atomic E-state index is 10.5. The second-order valence-corrected chi connectivity index (χ2v) is 5.10. The first kappa shape index (κ1) is 14.6. The van der Waals surface area contributed by atoms with Crippen LogP contribution in [0.1, 0.15) is 12.0 Å². The van der Waals surface area contributed by atoms with Crippen LogP contribution in [0.15, 0.2) is 48.5 Å². The summed E-state index contributed by atoms with van der Waals surface area (Å²) >= 11 is 5.85. The third-order valence-electron chi connectivity index (χ3n) is 3.01. The van der Waals surface area contributed by atoms with Crippen molar-refractivity contribution in [2.24, 2.45) is 0 Å². The van der Waals surface area contributed by atoms with E-state index in [1.165, 1.54) is 0 Å². The zero-order valence-electron chi connectivity index (χ0n) is 10.8. The molecule has 0 aliphatic carbocycles. The fourth-order valence-corrected chi connectivity index (χ4v) is 2.15. The third kappa shape index (κ3) is 4.08. The first-order valence-corrected chi connectivity index (χ1v) is 6.67. The minimum Gasteiger partial charge on any atom is -0.481 e. The lowest BCUT2D eigenvalue weighted by Gasteiger charge is -2.09. The molecule has 1 atom stereocenters. The van der Waals surface area contributed by atoms with Gasteiger partial charge in [-0.05, 0) is 35.2 Å². The molecule has 0 saturated carbocycles. The number of rotatable bonds is 5. The minimum absolute atomic E-state index is 0.237. The van der Waals surface area contributed by atoms with Crippen molar-refractivity contribution in [3.63, 3.8) is 0 Å². The van der Waals surface area contributed by atoms with Crippen LogP contribution in [0.25, 0.3) is 11.1 Å². The van der Waals surface area contributed by atoms with Gasteiger partial charge in [0.25, 0.3) is 0 Å². The highest BCUT2D eigenvalue weighted by atomic mass is 35.5. The molecule has 0 amide bonds. The summed E-state index contributed by atoms with van der Waals surface area (Å²) < 4.78 is 0. The number of benzene rings is 2. The van der Waals surface area contributed by atoms with Crippen molar-refractivity contribution in [1.82, 2.24) is 0 Å². The molecule has 2 aromatic carbocycles. The van der Waals surface area contributed by atoms with E-state index in [4.69, 9.17) is 16.7 Å². The molecule has 2 N–H and O–H groups in total. The maximum Gasteiger partial charge on any atom is 0.305 e. The van der Waals surface area contributed by atoms with Crippen LogP contribution in [0.3, 0.4) is 0 Å². The molecule has 0 aromatic heterocycles. The zero-order valence-corrected chi connectivity index (χ0v) is 11.5. The van der Waals surface area contributed by atoms with Gasteiger partial charge in [0.2, 0.25) is 0 Å². The van der Waals surface area contributed by atoms with Crippen LogP contribution in [-0.4, -0.2) is 22.3 Å². The summed E-state index contributed by atoms with van der Waals surface area (Å²) in [7, 11) is 0. The number of aliphatic hydroxyl groups excluding tert-OH is 1. The van der Waals surface area contributed by atoms with E-state index in [1.807, 2.05) is 48.5 Å². The average molecular weight is 291 g/mol. The first-order valence-electron chi connectivity index (χ1n) is 6.29. The molecule has 4 heteroatoms. The van der Waals surface area contributed by atoms with E-state index >= 15 is 0 Å². The van der Waals surface area contributed by atoms with Crippen molar-refractivity contribution >= 4 is 17.6 Å². The molecule has 0 radical (unpaired) electrons. The topological polar surface area (TPSA) is 57.5 Å². The van der Waals surface area contributed by atoms with Gasteiger partial charge in [-0.15, -0.1) is 0 Å². The quantitative estimate of drug-likeness (QED) is 0.887. The summed E-state index contributed by atoms with van der Waals surface area (Å²) in [5.74, 6) is -0.990. The van der Waals surface area contributed by atoms with Crippen molar-refractivity contribution in [2.75, 3.05) is 0 Å². The largest absolute Gasteiger partial charge is 0.481 e. The fraction of sp³-hybridized carbons (Fsp3) is 0.188. The van der Waals surface area contributed by atoms with Crippen LogP contribution in [-0.2, 0) is 11.2 Å². The highest BCUT2D eigenvalue weighted by Gasteiger charge is 2.10. The number of carboxylic acid groups (broad SMARTS) is 1. The standard InChI is InChI=1S/C16H15ClO3/c17-14-7-5-13(6-8-14)12-3-1-11(2-4-12)9-15(18)10-16(19)20/h1-8,15,18H,9-10H2,(H,19,20)/t15-/m1/s1. The Bertz CT molecular complexity index is 576. The summed E-state index contributed by atoms with van der Waals surface area (Å²) in [6, 6.07) is 15.2. The van der Waals surface area contributed by atoms with E-state index in [2.05, 4.69) is 0 Å². The van der Waals surface area contributed by atoms with E-state index in [9.17, 15) is 9.90 Å². The Hall–Kier alpha value is -1.84. The van der Waals surface area contributed by atoms with E-state index in [0.717, 1.165) is 16.7 Å². The van der Waals surface area contributed by atoms with Gasteiger partial charge in [0, 0.05) is 5.02 Å². The average Bonchev–Trinajstić information content (AvgIpc) is 2.39. The summed E-state index contributed by atoms with van der Waals surface area (Å²) in [6.45, 7) is 0.